The summed E-state index contributed by atoms with van der Waals surface area (Å²) in [7, 11) is -2.32. The molecule has 2 rings (SSSR count). The van der Waals surface area contributed by atoms with Gasteiger partial charge in [-0.15, -0.1) is 6.58 Å². The molecule has 2 aromatic rings. The quantitative estimate of drug-likeness (QED) is 0.593. The number of nitrogens with zero attached hydrogens (tertiary/aromatic N) is 1. The van der Waals surface area contributed by atoms with Gasteiger partial charge >= 0.3 is 0 Å². The molecule has 0 bridgehead atoms. The van der Waals surface area contributed by atoms with Crippen LogP contribution in [0.25, 0.3) is 0 Å². The largest absolute Gasteiger partial charge is 0.497 e. The van der Waals surface area contributed by atoms with E-state index in [0.717, 1.165) is 10.6 Å². The Hall–Kier alpha value is -3.33. The molecule has 2 aromatic carbocycles. The lowest BCUT2D eigenvalue weighted by Gasteiger charge is -2.28. The van der Waals surface area contributed by atoms with Crippen LogP contribution < -0.4 is 19.7 Å². The normalized spacial score (nSPS) is 11.8. The zero-order valence-electron chi connectivity index (χ0n) is 17.1. The van der Waals surface area contributed by atoms with Gasteiger partial charge in [0.25, 0.3) is 5.91 Å². The highest BCUT2D eigenvalue weighted by Gasteiger charge is 2.30. The smallest absolute Gasteiger partial charge is 0.253 e. The van der Waals surface area contributed by atoms with E-state index < -0.39 is 22.0 Å². The monoisotopic (exact) mass is 431 g/mol. The maximum absolute atomic E-state index is 12.9. The van der Waals surface area contributed by atoms with Gasteiger partial charge in [0.15, 0.2) is 0 Å². The standard InChI is InChI=1S/C21H25N3O5S/c1-5-13-22-21(26)18-11-6-7-12-19(18)23-20(25)15(2)24(30(4,27)28)16-9-8-10-17(14-16)29-3/h5-12,14-15H,1,13H2,2-4H3,(H,22,26)(H,23,25). The molecule has 0 fully saturated rings. The average Bonchev–Trinajstić information content (AvgIpc) is 2.71. The lowest BCUT2D eigenvalue weighted by Crippen LogP contribution is -2.45. The lowest BCUT2D eigenvalue weighted by molar-refractivity contribution is -0.116. The van der Waals surface area contributed by atoms with Gasteiger partial charge in [0, 0.05) is 12.6 Å². The molecule has 0 aliphatic rings. The maximum atomic E-state index is 12.9. The van der Waals surface area contributed by atoms with Crippen LogP contribution in [0.3, 0.4) is 0 Å². The Balaban J connectivity index is 2.33. The van der Waals surface area contributed by atoms with E-state index in [2.05, 4.69) is 17.2 Å². The van der Waals surface area contributed by atoms with Crippen molar-refractivity contribution >= 4 is 33.2 Å². The van der Waals surface area contributed by atoms with Crippen molar-refractivity contribution in [3.63, 3.8) is 0 Å². The highest BCUT2D eigenvalue weighted by molar-refractivity contribution is 7.92. The summed E-state index contributed by atoms with van der Waals surface area (Å²) >= 11 is 0. The molecule has 2 N–H and O–H groups in total. The van der Waals surface area contributed by atoms with Crippen molar-refractivity contribution in [2.24, 2.45) is 0 Å². The molecule has 9 heteroatoms. The zero-order chi connectivity index (χ0) is 22.3. The SMILES string of the molecule is C=CCNC(=O)c1ccccc1NC(=O)C(C)N(c1cccc(OC)c1)S(C)(=O)=O. The van der Waals surface area contributed by atoms with E-state index in [1.807, 2.05) is 0 Å². The number of ether oxygens (including phenoxy) is 1. The van der Waals surface area contributed by atoms with E-state index in [1.54, 1.807) is 48.5 Å². The summed E-state index contributed by atoms with van der Waals surface area (Å²) in [6, 6.07) is 11.8. The molecule has 0 aliphatic carbocycles. The van der Waals surface area contributed by atoms with Gasteiger partial charge in [-0.05, 0) is 31.2 Å². The van der Waals surface area contributed by atoms with Crippen molar-refractivity contribution in [1.82, 2.24) is 5.32 Å². The maximum Gasteiger partial charge on any atom is 0.253 e. The van der Waals surface area contributed by atoms with E-state index in [1.165, 1.54) is 20.1 Å². The van der Waals surface area contributed by atoms with Gasteiger partial charge in [0.1, 0.15) is 11.8 Å². The molecule has 0 saturated heterocycles. The van der Waals surface area contributed by atoms with Gasteiger partial charge < -0.3 is 15.4 Å². The molecule has 0 heterocycles. The van der Waals surface area contributed by atoms with Crippen molar-refractivity contribution in [3.05, 3.63) is 66.7 Å². The Labute approximate surface area is 176 Å². The van der Waals surface area contributed by atoms with Crippen LogP contribution in [-0.2, 0) is 14.8 Å². The summed E-state index contributed by atoms with van der Waals surface area (Å²) in [6.45, 7) is 5.29. The summed E-state index contributed by atoms with van der Waals surface area (Å²) in [5.41, 5.74) is 0.818. The van der Waals surface area contributed by atoms with Crippen LogP contribution in [0.15, 0.2) is 61.2 Å². The van der Waals surface area contributed by atoms with E-state index in [0.29, 0.717) is 5.75 Å². The van der Waals surface area contributed by atoms with Crippen molar-refractivity contribution in [3.8, 4) is 5.75 Å². The highest BCUT2D eigenvalue weighted by atomic mass is 32.2. The van der Waals surface area contributed by atoms with Crippen LogP contribution in [0, 0.1) is 0 Å². The topological polar surface area (TPSA) is 105 Å². The minimum Gasteiger partial charge on any atom is -0.497 e. The van der Waals surface area contributed by atoms with Crippen LogP contribution in [0.2, 0.25) is 0 Å². The number of carbonyl (C=O) groups excluding carboxylic acids is 2. The van der Waals surface area contributed by atoms with Gasteiger partial charge in [-0.25, -0.2) is 8.42 Å². The third-order valence-corrected chi connectivity index (χ3v) is 5.47. The summed E-state index contributed by atoms with van der Waals surface area (Å²) in [4.78, 5) is 25.3. The second kappa shape index (κ2) is 9.93. The van der Waals surface area contributed by atoms with E-state index in [-0.39, 0.29) is 29.4 Å². The molecule has 30 heavy (non-hydrogen) atoms. The van der Waals surface area contributed by atoms with E-state index in [4.69, 9.17) is 4.74 Å². The van der Waals surface area contributed by atoms with E-state index >= 15 is 0 Å². The minimum absolute atomic E-state index is 0.257. The summed E-state index contributed by atoms with van der Waals surface area (Å²) in [5.74, 6) is -0.517. The third-order valence-electron chi connectivity index (χ3n) is 4.23. The van der Waals surface area contributed by atoms with Crippen molar-refractivity contribution < 1.29 is 22.7 Å². The zero-order valence-corrected chi connectivity index (χ0v) is 17.9. The second-order valence-electron chi connectivity index (χ2n) is 6.47. The number of nitrogens with one attached hydrogen (secondary N) is 2. The predicted octanol–water partition coefficient (Wildman–Crippen LogP) is 2.40. The molecule has 160 valence electrons. The fourth-order valence-electron chi connectivity index (χ4n) is 2.84. The second-order valence-corrected chi connectivity index (χ2v) is 8.33. The van der Waals surface area contributed by atoms with Crippen molar-refractivity contribution in [2.75, 3.05) is 29.5 Å². The number of hydrogen-bond acceptors (Lipinski definition) is 5. The van der Waals surface area contributed by atoms with Gasteiger partial charge in [0.05, 0.1) is 30.3 Å². The molecule has 2 amide bonds. The van der Waals surface area contributed by atoms with Gasteiger partial charge in [-0.1, -0.05) is 24.3 Å². The van der Waals surface area contributed by atoms with Crippen LogP contribution in [0.5, 0.6) is 5.75 Å². The Bertz CT molecular complexity index is 1040. The molecule has 0 saturated carbocycles. The average molecular weight is 432 g/mol. The van der Waals surface area contributed by atoms with Crippen LogP contribution >= 0.6 is 0 Å². The summed E-state index contributed by atoms with van der Waals surface area (Å²) in [6.07, 6.45) is 2.56. The summed E-state index contributed by atoms with van der Waals surface area (Å²) in [5, 5.41) is 5.30. The number of carbonyl (C=O) groups is 2. The number of amides is 2. The van der Waals surface area contributed by atoms with Crippen LogP contribution in [0.4, 0.5) is 11.4 Å². The molecule has 1 atom stereocenters. The Morgan fingerprint density at radius 2 is 1.90 bits per heavy atom. The molecule has 1 unspecified atom stereocenters. The van der Waals surface area contributed by atoms with E-state index in [9.17, 15) is 18.0 Å². The first-order valence-electron chi connectivity index (χ1n) is 9.11. The Morgan fingerprint density at radius 3 is 2.53 bits per heavy atom. The number of para-hydroxylation sites is 1. The number of benzene rings is 2. The molecule has 8 nitrogen and oxygen atoms in total. The van der Waals surface area contributed by atoms with Gasteiger partial charge in [0.2, 0.25) is 15.9 Å². The fourth-order valence-corrected chi connectivity index (χ4v) is 4.01. The molecule has 0 aromatic heterocycles. The number of anilines is 2. The van der Waals surface area contributed by atoms with Crippen LogP contribution in [-0.4, -0.2) is 46.2 Å². The van der Waals surface area contributed by atoms with Crippen molar-refractivity contribution in [1.29, 1.82) is 0 Å². The van der Waals surface area contributed by atoms with Crippen LogP contribution in [0.1, 0.15) is 17.3 Å². The molecule has 0 aliphatic heterocycles. The Kier molecular flexibility index (Phi) is 7.60. The Morgan fingerprint density at radius 1 is 1.20 bits per heavy atom. The third kappa shape index (κ3) is 5.60. The minimum atomic E-state index is -3.79. The fraction of sp³-hybridized carbons (Fsp3) is 0.238. The number of rotatable bonds is 9. The molecule has 0 spiro atoms. The number of hydrogen-bond donors (Lipinski definition) is 2. The molecule has 0 radical (unpaired) electrons. The predicted molar refractivity (Wildman–Crippen MR) is 117 cm³/mol. The summed E-state index contributed by atoms with van der Waals surface area (Å²) < 4.78 is 31.1. The van der Waals surface area contributed by atoms with Crippen molar-refractivity contribution in [2.45, 2.75) is 13.0 Å². The lowest BCUT2D eigenvalue weighted by atomic mass is 10.1. The number of methoxy groups -OCH3 is 1. The van der Waals surface area contributed by atoms with Gasteiger partial charge in [-0.3, -0.25) is 13.9 Å². The first kappa shape index (κ1) is 23.0. The first-order chi connectivity index (χ1) is 14.2. The first-order valence-corrected chi connectivity index (χ1v) is 11.0. The van der Waals surface area contributed by atoms with Gasteiger partial charge in [-0.2, -0.15) is 0 Å². The molecular weight excluding hydrogens is 406 g/mol. The number of sulfonamides is 1. The molecular formula is C21H25N3O5S. The highest BCUT2D eigenvalue weighted by Crippen LogP contribution is 2.26.